The predicted octanol–water partition coefficient (Wildman–Crippen LogP) is 1.40. The van der Waals surface area contributed by atoms with Crippen LogP contribution in [0.3, 0.4) is 0 Å². The minimum atomic E-state index is -1.50. The summed E-state index contributed by atoms with van der Waals surface area (Å²) in [5, 5.41) is 40.0. The molecule has 0 saturated carbocycles. The number of aromatic hydroxyl groups is 2. The van der Waals surface area contributed by atoms with Crippen LogP contribution in [0.2, 0.25) is 0 Å². The Hall–Kier alpha value is -2.77. The van der Waals surface area contributed by atoms with Crippen molar-refractivity contribution in [2.75, 3.05) is 6.61 Å². The number of aliphatic hydroxyl groups is 2. The average Bonchev–Trinajstić information content (AvgIpc) is 3.00. The van der Waals surface area contributed by atoms with E-state index < -0.39 is 23.7 Å². The van der Waals surface area contributed by atoms with Gasteiger partial charge in [-0.25, -0.2) is 0 Å². The number of hydrogen-bond donors (Lipinski definition) is 4. The SMILES string of the molecule is CC(O)(CO)C1Cc2c(cc(O)c3c(=O)c4cccc(O)c4oc23)O1. The molecular formula is C18H16O7. The number of hydrogen-bond acceptors (Lipinski definition) is 7. The van der Waals surface area contributed by atoms with Gasteiger partial charge in [0.2, 0.25) is 5.43 Å². The number of ether oxygens (including phenoxy) is 1. The highest BCUT2D eigenvalue weighted by atomic mass is 16.5. The summed E-state index contributed by atoms with van der Waals surface area (Å²) in [5.41, 5.74) is -1.35. The molecule has 3 aromatic rings. The molecule has 1 aliphatic rings. The molecule has 25 heavy (non-hydrogen) atoms. The fourth-order valence-electron chi connectivity index (χ4n) is 3.17. The molecule has 2 unspecified atom stereocenters. The molecule has 130 valence electrons. The highest BCUT2D eigenvalue weighted by molar-refractivity contribution is 5.97. The third-order valence-electron chi connectivity index (χ3n) is 4.67. The zero-order chi connectivity index (χ0) is 17.9. The van der Waals surface area contributed by atoms with Crippen LogP contribution in [0.5, 0.6) is 17.2 Å². The smallest absolute Gasteiger partial charge is 0.204 e. The van der Waals surface area contributed by atoms with Crippen LogP contribution < -0.4 is 10.2 Å². The number of aliphatic hydroxyl groups excluding tert-OH is 1. The Morgan fingerprint density at radius 2 is 2.00 bits per heavy atom. The number of fused-ring (bicyclic) bond motifs is 4. The van der Waals surface area contributed by atoms with Gasteiger partial charge < -0.3 is 29.6 Å². The van der Waals surface area contributed by atoms with Gasteiger partial charge in [0.15, 0.2) is 11.3 Å². The molecule has 2 atom stereocenters. The van der Waals surface area contributed by atoms with E-state index in [1.807, 2.05) is 0 Å². The summed E-state index contributed by atoms with van der Waals surface area (Å²) in [6.07, 6.45) is -0.579. The van der Waals surface area contributed by atoms with Gasteiger partial charge in [0.1, 0.15) is 34.2 Å². The Kier molecular flexibility index (Phi) is 3.22. The van der Waals surface area contributed by atoms with E-state index in [9.17, 15) is 25.2 Å². The molecule has 0 aliphatic carbocycles. The summed E-state index contributed by atoms with van der Waals surface area (Å²) in [4.78, 5) is 12.7. The molecule has 0 fully saturated rings. The first kappa shape index (κ1) is 15.7. The maximum absolute atomic E-state index is 12.7. The van der Waals surface area contributed by atoms with Crippen molar-refractivity contribution in [3.63, 3.8) is 0 Å². The van der Waals surface area contributed by atoms with E-state index in [1.54, 1.807) is 0 Å². The van der Waals surface area contributed by atoms with Crippen molar-refractivity contribution >= 4 is 21.9 Å². The zero-order valence-electron chi connectivity index (χ0n) is 13.3. The highest BCUT2D eigenvalue weighted by Crippen LogP contribution is 2.42. The molecule has 1 aliphatic heterocycles. The van der Waals surface area contributed by atoms with E-state index in [4.69, 9.17) is 9.15 Å². The van der Waals surface area contributed by atoms with Crippen molar-refractivity contribution in [2.24, 2.45) is 0 Å². The lowest BCUT2D eigenvalue weighted by atomic mass is 9.95. The van der Waals surface area contributed by atoms with Gasteiger partial charge in [-0.1, -0.05) is 6.07 Å². The Morgan fingerprint density at radius 3 is 2.72 bits per heavy atom. The van der Waals surface area contributed by atoms with Crippen LogP contribution in [0.4, 0.5) is 0 Å². The Bertz CT molecular complexity index is 1060. The monoisotopic (exact) mass is 344 g/mol. The van der Waals surface area contributed by atoms with Crippen LogP contribution in [-0.4, -0.2) is 38.7 Å². The standard InChI is InChI=1S/C18H16O7/c1-18(23,7-19)13-5-9-12(24-13)6-11(21)14-15(22)8-3-2-4-10(20)16(8)25-17(9)14/h2-4,6,13,19-21,23H,5,7H2,1H3. The molecule has 4 rings (SSSR count). The Morgan fingerprint density at radius 1 is 1.24 bits per heavy atom. The summed E-state index contributed by atoms with van der Waals surface area (Å²) in [6, 6.07) is 5.72. The van der Waals surface area contributed by atoms with Crippen LogP contribution in [0.25, 0.3) is 21.9 Å². The number of benzene rings is 2. The second-order valence-electron chi connectivity index (χ2n) is 6.49. The molecule has 0 radical (unpaired) electrons. The number of rotatable bonds is 2. The molecule has 7 heteroatoms. The van der Waals surface area contributed by atoms with E-state index in [0.29, 0.717) is 5.56 Å². The van der Waals surface area contributed by atoms with Crippen molar-refractivity contribution in [1.82, 2.24) is 0 Å². The van der Waals surface area contributed by atoms with Gasteiger partial charge in [0.25, 0.3) is 0 Å². The summed E-state index contributed by atoms with van der Waals surface area (Å²) in [5.74, 6) is -0.231. The van der Waals surface area contributed by atoms with E-state index in [-0.39, 0.29) is 45.6 Å². The largest absolute Gasteiger partial charge is 0.507 e. The van der Waals surface area contributed by atoms with Crippen LogP contribution >= 0.6 is 0 Å². The minimum Gasteiger partial charge on any atom is -0.507 e. The van der Waals surface area contributed by atoms with E-state index in [2.05, 4.69) is 0 Å². The van der Waals surface area contributed by atoms with Crippen molar-refractivity contribution in [3.05, 3.63) is 40.1 Å². The average molecular weight is 344 g/mol. The van der Waals surface area contributed by atoms with E-state index in [1.165, 1.54) is 31.2 Å². The topological polar surface area (TPSA) is 120 Å². The van der Waals surface area contributed by atoms with Gasteiger partial charge in [0.05, 0.1) is 12.0 Å². The Labute approximate surface area is 141 Å². The first-order valence-electron chi connectivity index (χ1n) is 7.76. The Balaban J connectivity index is 2.04. The minimum absolute atomic E-state index is 0.00950. The fraction of sp³-hybridized carbons (Fsp3) is 0.278. The molecule has 2 aromatic carbocycles. The van der Waals surface area contributed by atoms with E-state index in [0.717, 1.165) is 0 Å². The first-order valence-corrected chi connectivity index (χ1v) is 7.76. The van der Waals surface area contributed by atoms with Gasteiger partial charge >= 0.3 is 0 Å². The van der Waals surface area contributed by atoms with Gasteiger partial charge in [-0.3, -0.25) is 4.79 Å². The molecule has 0 spiro atoms. The predicted molar refractivity (Wildman–Crippen MR) is 89.1 cm³/mol. The number of phenols is 2. The van der Waals surface area contributed by atoms with Crippen LogP contribution in [0.1, 0.15) is 12.5 Å². The molecule has 7 nitrogen and oxygen atoms in total. The third kappa shape index (κ3) is 2.16. The van der Waals surface area contributed by atoms with E-state index >= 15 is 0 Å². The maximum atomic E-state index is 12.7. The second-order valence-corrected chi connectivity index (χ2v) is 6.49. The van der Waals surface area contributed by atoms with Crippen molar-refractivity contribution in [1.29, 1.82) is 0 Å². The van der Waals surface area contributed by atoms with Crippen LogP contribution in [-0.2, 0) is 6.42 Å². The molecule has 1 aromatic heterocycles. The summed E-state index contributed by atoms with van der Waals surface area (Å²) >= 11 is 0. The zero-order valence-corrected chi connectivity index (χ0v) is 13.3. The fourth-order valence-corrected chi connectivity index (χ4v) is 3.17. The second kappa shape index (κ2) is 5.11. The number of phenolic OH excluding ortho intramolecular Hbond substituents is 2. The molecule has 0 bridgehead atoms. The molecule has 4 N–H and O–H groups in total. The first-order chi connectivity index (χ1) is 11.8. The maximum Gasteiger partial charge on any atom is 0.204 e. The van der Waals surface area contributed by atoms with Crippen LogP contribution in [0.15, 0.2) is 33.5 Å². The lowest BCUT2D eigenvalue weighted by molar-refractivity contribution is -0.0729. The molecular weight excluding hydrogens is 328 g/mol. The highest BCUT2D eigenvalue weighted by Gasteiger charge is 2.40. The molecule has 0 amide bonds. The summed E-state index contributed by atoms with van der Waals surface area (Å²) in [7, 11) is 0. The van der Waals surface area contributed by atoms with Crippen LogP contribution in [0, 0.1) is 0 Å². The number of para-hydroxylation sites is 1. The van der Waals surface area contributed by atoms with Gasteiger partial charge in [-0.2, -0.15) is 0 Å². The third-order valence-corrected chi connectivity index (χ3v) is 4.67. The molecule has 2 heterocycles. The summed E-state index contributed by atoms with van der Waals surface area (Å²) in [6.45, 7) is 0.923. The lowest BCUT2D eigenvalue weighted by Gasteiger charge is -2.26. The van der Waals surface area contributed by atoms with Gasteiger partial charge in [-0.05, 0) is 19.1 Å². The van der Waals surface area contributed by atoms with Crippen molar-refractivity contribution < 1.29 is 29.6 Å². The van der Waals surface area contributed by atoms with Gasteiger partial charge in [0, 0.05) is 18.1 Å². The lowest BCUT2D eigenvalue weighted by Crippen LogP contribution is -2.45. The summed E-state index contributed by atoms with van der Waals surface area (Å²) < 4.78 is 11.4. The quantitative estimate of drug-likeness (QED) is 0.519. The molecule has 0 saturated heterocycles. The van der Waals surface area contributed by atoms with Crippen molar-refractivity contribution in [3.8, 4) is 17.2 Å². The van der Waals surface area contributed by atoms with Gasteiger partial charge in [-0.15, -0.1) is 0 Å². The van der Waals surface area contributed by atoms with Crippen molar-refractivity contribution in [2.45, 2.75) is 25.0 Å². The normalized spacial score (nSPS) is 18.9.